The highest BCUT2D eigenvalue weighted by molar-refractivity contribution is 7.92. The van der Waals surface area contributed by atoms with Crippen molar-refractivity contribution >= 4 is 33.2 Å². The SMILES string of the molecule is COc1ccc(CNC(=O)[C@@H]2CN(S(=O)(=O)c3ccccc3)c3cc(Cl)ccc3O2)cc1OC. The molecule has 1 N–H and O–H groups in total. The lowest BCUT2D eigenvalue weighted by Crippen LogP contribution is -2.50. The van der Waals surface area contributed by atoms with E-state index in [2.05, 4.69) is 5.32 Å². The molecular formula is C24H23ClN2O6S. The Kier molecular flexibility index (Phi) is 6.85. The number of carbonyl (C=O) groups is 1. The number of benzene rings is 3. The monoisotopic (exact) mass is 502 g/mol. The molecule has 1 heterocycles. The van der Waals surface area contributed by atoms with Gasteiger partial charge in [0, 0.05) is 11.6 Å². The zero-order valence-corrected chi connectivity index (χ0v) is 20.1. The molecule has 34 heavy (non-hydrogen) atoms. The Morgan fingerprint density at radius 3 is 2.50 bits per heavy atom. The summed E-state index contributed by atoms with van der Waals surface area (Å²) in [5, 5.41) is 3.16. The van der Waals surface area contributed by atoms with Crippen LogP contribution in [-0.2, 0) is 21.4 Å². The van der Waals surface area contributed by atoms with Gasteiger partial charge in [-0.2, -0.15) is 0 Å². The van der Waals surface area contributed by atoms with E-state index in [1.165, 1.54) is 25.3 Å². The summed E-state index contributed by atoms with van der Waals surface area (Å²) in [7, 11) is -0.887. The van der Waals surface area contributed by atoms with E-state index < -0.39 is 22.0 Å². The van der Waals surface area contributed by atoms with E-state index in [1.807, 2.05) is 0 Å². The van der Waals surface area contributed by atoms with Crippen molar-refractivity contribution in [1.82, 2.24) is 5.32 Å². The van der Waals surface area contributed by atoms with Gasteiger partial charge in [0.15, 0.2) is 17.6 Å². The van der Waals surface area contributed by atoms with Crippen LogP contribution in [0.3, 0.4) is 0 Å². The van der Waals surface area contributed by atoms with E-state index in [9.17, 15) is 13.2 Å². The smallest absolute Gasteiger partial charge is 0.264 e. The Bertz CT molecular complexity index is 1300. The number of sulfonamides is 1. The number of rotatable bonds is 7. The zero-order valence-electron chi connectivity index (χ0n) is 18.5. The third kappa shape index (κ3) is 4.76. The lowest BCUT2D eigenvalue weighted by molar-refractivity contribution is -0.127. The number of hydrogen-bond acceptors (Lipinski definition) is 6. The maximum Gasteiger partial charge on any atom is 0.264 e. The van der Waals surface area contributed by atoms with Crippen molar-refractivity contribution in [3.8, 4) is 17.2 Å². The molecule has 1 amide bonds. The normalized spacial score (nSPS) is 15.1. The van der Waals surface area contributed by atoms with Gasteiger partial charge >= 0.3 is 0 Å². The molecule has 10 heteroatoms. The van der Waals surface area contributed by atoms with Crippen molar-refractivity contribution < 1.29 is 27.4 Å². The number of ether oxygens (including phenoxy) is 3. The highest BCUT2D eigenvalue weighted by atomic mass is 35.5. The summed E-state index contributed by atoms with van der Waals surface area (Å²) in [5.41, 5.74) is 1.06. The average Bonchev–Trinajstić information content (AvgIpc) is 2.86. The number of nitrogens with one attached hydrogen (secondary N) is 1. The minimum atomic E-state index is -3.96. The molecule has 0 unspecified atom stereocenters. The highest BCUT2D eigenvalue weighted by Gasteiger charge is 2.37. The summed E-state index contributed by atoms with van der Waals surface area (Å²) in [6, 6.07) is 17.9. The van der Waals surface area contributed by atoms with Gasteiger partial charge in [-0.1, -0.05) is 35.9 Å². The first-order valence-electron chi connectivity index (χ1n) is 10.4. The molecule has 1 aliphatic heterocycles. The second-order valence-electron chi connectivity index (χ2n) is 7.47. The molecule has 1 atom stereocenters. The average molecular weight is 503 g/mol. The van der Waals surface area contributed by atoms with Crippen LogP contribution in [0.4, 0.5) is 5.69 Å². The van der Waals surface area contributed by atoms with Gasteiger partial charge in [-0.05, 0) is 48.0 Å². The van der Waals surface area contributed by atoms with Crippen molar-refractivity contribution in [2.24, 2.45) is 0 Å². The standard InChI is InChI=1S/C24H23ClN2O6S/c1-31-21-10-8-16(12-22(21)32-2)14-26-24(28)23-15-27(19-13-17(25)9-11-20(19)33-23)34(29,30)18-6-4-3-5-7-18/h3-13,23H,14-15H2,1-2H3,(H,26,28)/t23-/m0/s1. The third-order valence-electron chi connectivity index (χ3n) is 5.33. The van der Waals surface area contributed by atoms with Crippen LogP contribution in [-0.4, -0.2) is 41.2 Å². The largest absolute Gasteiger partial charge is 0.493 e. The number of methoxy groups -OCH3 is 2. The van der Waals surface area contributed by atoms with Crippen LogP contribution in [0.2, 0.25) is 5.02 Å². The van der Waals surface area contributed by atoms with E-state index in [4.69, 9.17) is 25.8 Å². The predicted molar refractivity (Wildman–Crippen MR) is 128 cm³/mol. The maximum atomic E-state index is 13.4. The first-order valence-corrected chi connectivity index (χ1v) is 12.2. The number of carbonyl (C=O) groups excluding carboxylic acids is 1. The number of nitrogens with zero attached hydrogens (tertiary/aromatic N) is 1. The minimum absolute atomic E-state index is 0.104. The number of anilines is 1. The molecule has 0 saturated heterocycles. The van der Waals surface area contributed by atoms with Gasteiger partial charge in [-0.25, -0.2) is 8.42 Å². The molecule has 0 bridgehead atoms. The van der Waals surface area contributed by atoms with E-state index in [1.54, 1.807) is 55.6 Å². The van der Waals surface area contributed by atoms with Crippen LogP contribution in [0.15, 0.2) is 71.6 Å². The Balaban J connectivity index is 1.58. The molecule has 1 aliphatic rings. The van der Waals surface area contributed by atoms with Gasteiger partial charge in [0.25, 0.3) is 15.9 Å². The third-order valence-corrected chi connectivity index (χ3v) is 7.36. The molecule has 0 saturated carbocycles. The first kappa shape index (κ1) is 23.7. The predicted octanol–water partition coefficient (Wildman–Crippen LogP) is 3.63. The summed E-state index contributed by atoms with van der Waals surface area (Å²) in [4.78, 5) is 13.1. The molecule has 0 aliphatic carbocycles. The summed E-state index contributed by atoms with van der Waals surface area (Å²) < 4.78 is 44.4. The van der Waals surface area contributed by atoms with Gasteiger partial charge in [-0.15, -0.1) is 0 Å². The molecule has 0 spiro atoms. The molecular weight excluding hydrogens is 480 g/mol. The fourth-order valence-electron chi connectivity index (χ4n) is 3.60. The molecule has 0 fully saturated rings. The molecule has 3 aromatic rings. The van der Waals surface area contributed by atoms with Crippen LogP contribution in [0.5, 0.6) is 17.2 Å². The number of halogens is 1. The van der Waals surface area contributed by atoms with Crippen molar-refractivity contribution in [3.63, 3.8) is 0 Å². The topological polar surface area (TPSA) is 94.2 Å². The second kappa shape index (κ2) is 9.82. The minimum Gasteiger partial charge on any atom is -0.493 e. The van der Waals surface area contributed by atoms with E-state index in [0.717, 1.165) is 9.87 Å². The van der Waals surface area contributed by atoms with E-state index in [0.29, 0.717) is 16.5 Å². The number of fused-ring (bicyclic) bond motifs is 1. The summed E-state index contributed by atoms with van der Waals surface area (Å²) >= 11 is 6.13. The zero-order chi connectivity index (χ0) is 24.3. The molecule has 4 rings (SSSR count). The van der Waals surface area contributed by atoms with Crippen LogP contribution >= 0.6 is 11.6 Å². The second-order valence-corrected chi connectivity index (χ2v) is 9.77. The van der Waals surface area contributed by atoms with Gasteiger partial charge in [0.1, 0.15) is 5.75 Å². The van der Waals surface area contributed by atoms with Crippen molar-refractivity contribution in [3.05, 3.63) is 77.3 Å². The Morgan fingerprint density at radius 1 is 1.06 bits per heavy atom. The van der Waals surface area contributed by atoms with E-state index >= 15 is 0 Å². The van der Waals surface area contributed by atoms with Crippen LogP contribution in [0, 0.1) is 0 Å². The van der Waals surface area contributed by atoms with Crippen LogP contribution in [0.25, 0.3) is 0 Å². The Hall–Kier alpha value is -3.43. The van der Waals surface area contributed by atoms with Gasteiger partial charge in [0.05, 0.1) is 31.3 Å². The van der Waals surface area contributed by atoms with Gasteiger partial charge in [-0.3, -0.25) is 9.10 Å². The Labute approximate surface area is 203 Å². The molecule has 3 aromatic carbocycles. The van der Waals surface area contributed by atoms with Gasteiger partial charge in [0.2, 0.25) is 0 Å². The van der Waals surface area contributed by atoms with Crippen molar-refractivity contribution in [2.75, 3.05) is 25.1 Å². The molecule has 8 nitrogen and oxygen atoms in total. The summed E-state index contributed by atoms with van der Waals surface area (Å²) in [5.74, 6) is 0.907. The fraction of sp³-hybridized carbons (Fsp3) is 0.208. The summed E-state index contributed by atoms with van der Waals surface area (Å²) in [6.45, 7) is -0.0136. The van der Waals surface area contributed by atoms with Crippen molar-refractivity contribution in [2.45, 2.75) is 17.5 Å². The maximum absolute atomic E-state index is 13.4. The van der Waals surface area contributed by atoms with E-state index in [-0.39, 0.29) is 29.4 Å². The lowest BCUT2D eigenvalue weighted by Gasteiger charge is -2.34. The van der Waals surface area contributed by atoms with Gasteiger partial charge < -0.3 is 19.5 Å². The molecule has 0 radical (unpaired) electrons. The van der Waals surface area contributed by atoms with Crippen LogP contribution < -0.4 is 23.8 Å². The number of hydrogen-bond donors (Lipinski definition) is 1. The molecule has 0 aromatic heterocycles. The summed E-state index contributed by atoms with van der Waals surface area (Å²) in [6.07, 6.45) is -1.06. The Morgan fingerprint density at radius 2 is 1.79 bits per heavy atom. The van der Waals surface area contributed by atoms with Crippen molar-refractivity contribution in [1.29, 1.82) is 0 Å². The first-order chi connectivity index (χ1) is 16.3. The quantitative estimate of drug-likeness (QED) is 0.530. The lowest BCUT2D eigenvalue weighted by atomic mass is 10.2. The number of amides is 1. The highest BCUT2D eigenvalue weighted by Crippen LogP contribution is 2.39. The van der Waals surface area contributed by atoms with Crippen LogP contribution in [0.1, 0.15) is 5.56 Å². The molecule has 178 valence electrons. The fourth-order valence-corrected chi connectivity index (χ4v) is 5.26.